The highest BCUT2D eigenvalue weighted by molar-refractivity contribution is 6.33. The fourth-order valence-corrected chi connectivity index (χ4v) is 5.15. The lowest BCUT2D eigenvalue weighted by Crippen LogP contribution is -2.39. The number of fused-ring (bicyclic) bond motifs is 3. The number of piperidine rings is 1. The predicted octanol–water partition coefficient (Wildman–Crippen LogP) is 3.26. The quantitative estimate of drug-likeness (QED) is 0.452. The van der Waals surface area contributed by atoms with Crippen LogP contribution in [0.1, 0.15) is 19.3 Å². The number of anilines is 1. The van der Waals surface area contributed by atoms with Crippen molar-refractivity contribution in [3.8, 4) is 0 Å². The van der Waals surface area contributed by atoms with Crippen LogP contribution < -0.4 is 4.90 Å². The van der Waals surface area contributed by atoms with Crippen molar-refractivity contribution in [2.24, 2.45) is 11.8 Å². The van der Waals surface area contributed by atoms with E-state index in [0.29, 0.717) is 35.4 Å². The Bertz CT molecular complexity index is 1250. The van der Waals surface area contributed by atoms with Crippen LogP contribution in [0.4, 0.5) is 5.82 Å². The Balaban J connectivity index is 0.000000180. The van der Waals surface area contributed by atoms with Crippen LogP contribution in [-0.2, 0) is 4.79 Å². The topological polar surface area (TPSA) is 107 Å². The van der Waals surface area contributed by atoms with Crippen LogP contribution in [0.5, 0.6) is 0 Å². The molecule has 2 fully saturated rings. The second-order valence-electron chi connectivity index (χ2n) is 8.58. The molecule has 1 saturated carbocycles. The standard InChI is InChI=1S/C16H21N5O.C6H4ClN3/c1-20-8-11-6-12(5-10(11)7-14(20)22)21(2)16-13-3-4-17-15(13)18-9-19-16;7-5-4-1-2-8-6(4)10-3-9-5/h3-4,9-12H,5-8H2,1-2H3,(H,17,18,19);1-3H,(H,8,9,10)/t10-,11+,12-;/m1./s1. The van der Waals surface area contributed by atoms with E-state index in [0.717, 1.165) is 47.3 Å². The van der Waals surface area contributed by atoms with Crippen molar-refractivity contribution in [3.05, 3.63) is 42.3 Å². The molecule has 0 radical (unpaired) electrons. The molecule has 4 aromatic rings. The first-order valence-corrected chi connectivity index (χ1v) is 11.1. The predicted molar refractivity (Wildman–Crippen MR) is 123 cm³/mol. The Morgan fingerprint density at radius 3 is 2.41 bits per heavy atom. The van der Waals surface area contributed by atoms with Crippen LogP contribution in [0.15, 0.2) is 37.2 Å². The van der Waals surface area contributed by atoms with Crippen LogP contribution in [0, 0.1) is 11.8 Å². The Morgan fingerprint density at radius 1 is 1.00 bits per heavy atom. The average molecular weight is 453 g/mol. The van der Waals surface area contributed by atoms with Crippen molar-refractivity contribution in [2.45, 2.75) is 25.3 Å². The third-order valence-electron chi connectivity index (χ3n) is 6.71. The fourth-order valence-electron chi connectivity index (χ4n) is 4.96. The van der Waals surface area contributed by atoms with Crippen molar-refractivity contribution in [1.29, 1.82) is 0 Å². The lowest BCUT2D eigenvalue weighted by molar-refractivity contribution is -0.134. The Labute approximate surface area is 190 Å². The first kappa shape index (κ1) is 20.7. The molecular formula is C22H25ClN8O. The molecule has 1 saturated heterocycles. The number of H-pyrrole nitrogens is 2. The van der Waals surface area contributed by atoms with Crippen molar-refractivity contribution < 1.29 is 4.79 Å². The molecule has 3 atom stereocenters. The van der Waals surface area contributed by atoms with Gasteiger partial charge in [-0.2, -0.15) is 0 Å². The van der Waals surface area contributed by atoms with Crippen LogP contribution >= 0.6 is 11.6 Å². The van der Waals surface area contributed by atoms with Gasteiger partial charge in [-0.3, -0.25) is 4.79 Å². The molecular weight excluding hydrogens is 428 g/mol. The largest absolute Gasteiger partial charge is 0.356 e. The van der Waals surface area contributed by atoms with Gasteiger partial charge in [0.2, 0.25) is 5.91 Å². The average Bonchev–Trinajstić information content (AvgIpc) is 3.53. The molecule has 5 heterocycles. The monoisotopic (exact) mass is 452 g/mol. The number of hydrogen-bond donors (Lipinski definition) is 2. The molecule has 2 aliphatic rings. The minimum absolute atomic E-state index is 0.291. The number of halogens is 1. The van der Waals surface area contributed by atoms with E-state index in [4.69, 9.17) is 11.6 Å². The van der Waals surface area contributed by atoms with Crippen LogP contribution in [0.2, 0.25) is 5.15 Å². The fraction of sp³-hybridized carbons (Fsp3) is 0.409. The van der Waals surface area contributed by atoms with E-state index in [-0.39, 0.29) is 0 Å². The molecule has 32 heavy (non-hydrogen) atoms. The molecule has 2 N–H and O–H groups in total. The van der Waals surface area contributed by atoms with Gasteiger partial charge in [0.15, 0.2) is 0 Å². The summed E-state index contributed by atoms with van der Waals surface area (Å²) in [5.41, 5.74) is 1.65. The molecule has 0 aromatic carbocycles. The van der Waals surface area contributed by atoms with Gasteiger partial charge in [-0.15, -0.1) is 0 Å². The van der Waals surface area contributed by atoms with Gasteiger partial charge in [0.05, 0.1) is 10.8 Å². The summed E-state index contributed by atoms with van der Waals surface area (Å²) in [6, 6.07) is 4.32. The van der Waals surface area contributed by atoms with E-state index in [9.17, 15) is 4.79 Å². The first-order valence-electron chi connectivity index (χ1n) is 10.7. The Morgan fingerprint density at radius 2 is 1.66 bits per heavy atom. The first-order chi connectivity index (χ1) is 15.5. The van der Waals surface area contributed by atoms with E-state index < -0.39 is 0 Å². The number of rotatable bonds is 2. The maximum absolute atomic E-state index is 11.9. The maximum Gasteiger partial charge on any atom is 0.222 e. The zero-order valence-corrected chi connectivity index (χ0v) is 18.8. The number of likely N-dealkylation sites (tertiary alicyclic amines) is 1. The molecule has 0 unspecified atom stereocenters. The van der Waals surface area contributed by atoms with Crippen molar-refractivity contribution in [2.75, 3.05) is 25.5 Å². The number of nitrogens with zero attached hydrogens (tertiary/aromatic N) is 6. The lowest BCUT2D eigenvalue weighted by atomic mass is 9.88. The molecule has 9 nitrogen and oxygen atoms in total. The summed E-state index contributed by atoms with van der Waals surface area (Å²) in [5, 5.41) is 2.42. The highest BCUT2D eigenvalue weighted by atomic mass is 35.5. The van der Waals surface area contributed by atoms with Gasteiger partial charge in [-0.25, -0.2) is 19.9 Å². The normalized spacial score (nSPS) is 22.7. The summed E-state index contributed by atoms with van der Waals surface area (Å²) >= 11 is 5.73. The number of nitrogens with one attached hydrogen (secondary N) is 2. The highest BCUT2D eigenvalue weighted by Crippen LogP contribution is 2.41. The minimum atomic E-state index is 0.291. The summed E-state index contributed by atoms with van der Waals surface area (Å²) < 4.78 is 0. The number of hydrogen-bond acceptors (Lipinski definition) is 6. The molecule has 166 valence electrons. The van der Waals surface area contributed by atoms with Gasteiger partial charge in [-0.1, -0.05) is 11.6 Å². The number of aromatic nitrogens is 6. The van der Waals surface area contributed by atoms with Crippen LogP contribution in [0.25, 0.3) is 22.1 Å². The highest BCUT2D eigenvalue weighted by Gasteiger charge is 2.41. The number of carbonyl (C=O) groups is 1. The number of aromatic amines is 2. The lowest BCUT2D eigenvalue weighted by Gasteiger charge is -2.31. The van der Waals surface area contributed by atoms with Crippen molar-refractivity contribution in [1.82, 2.24) is 34.8 Å². The second-order valence-corrected chi connectivity index (χ2v) is 8.93. The SMILES string of the molecule is CN1C[C@@H]2C[C@H](N(C)c3ncnc4[nH]ccc34)C[C@@H]2CC1=O.Clc1ncnc2[nH]ccc12. The second kappa shape index (κ2) is 8.38. The summed E-state index contributed by atoms with van der Waals surface area (Å²) in [6.07, 6.45) is 9.65. The smallest absolute Gasteiger partial charge is 0.222 e. The Hall–Kier alpha value is -3.20. The number of amides is 1. The van der Waals surface area contributed by atoms with Gasteiger partial charge in [0, 0.05) is 45.5 Å². The molecule has 10 heteroatoms. The zero-order valence-electron chi connectivity index (χ0n) is 18.0. The molecule has 6 rings (SSSR count). The summed E-state index contributed by atoms with van der Waals surface area (Å²) in [4.78, 5) is 38.7. The van der Waals surface area contributed by atoms with E-state index in [1.54, 1.807) is 12.5 Å². The van der Waals surface area contributed by atoms with E-state index in [1.807, 2.05) is 30.3 Å². The Kier molecular flexibility index (Phi) is 5.42. The molecule has 1 aliphatic heterocycles. The third kappa shape index (κ3) is 3.77. The van der Waals surface area contributed by atoms with Gasteiger partial charge in [-0.05, 0) is 36.8 Å². The van der Waals surface area contributed by atoms with E-state index in [1.165, 1.54) is 6.33 Å². The molecule has 1 aliphatic carbocycles. The molecule has 0 spiro atoms. The van der Waals surface area contributed by atoms with Crippen molar-refractivity contribution in [3.63, 3.8) is 0 Å². The summed E-state index contributed by atoms with van der Waals surface area (Å²) in [5.74, 6) is 2.42. The molecule has 4 aromatic heterocycles. The van der Waals surface area contributed by atoms with E-state index >= 15 is 0 Å². The molecule has 1 amide bonds. The van der Waals surface area contributed by atoms with E-state index in [2.05, 4.69) is 41.9 Å². The minimum Gasteiger partial charge on any atom is -0.356 e. The van der Waals surface area contributed by atoms with Gasteiger partial charge in [0.1, 0.15) is 34.9 Å². The van der Waals surface area contributed by atoms with Crippen molar-refractivity contribution >= 4 is 45.4 Å². The van der Waals surface area contributed by atoms with Gasteiger partial charge in [0.25, 0.3) is 0 Å². The molecule has 0 bridgehead atoms. The number of carbonyl (C=O) groups excluding carboxylic acids is 1. The summed E-state index contributed by atoms with van der Waals surface area (Å²) in [6.45, 7) is 0.900. The maximum atomic E-state index is 11.9. The van der Waals surface area contributed by atoms with Gasteiger partial charge < -0.3 is 19.8 Å². The van der Waals surface area contributed by atoms with Crippen LogP contribution in [0.3, 0.4) is 0 Å². The van der Waals surface area contributed by atoms with Crippen LogP contribution in [-0.4, -0.2) is 67.4 Å². The zero-order chi connectivity index (χ0) is 22.2. The third-order valence-corrected chi connectivity index (χ3v) is 7.01. The van der Waals surface area contributed by atoms with Gasteiger partial charge >= 0.3 is 0 Å². The summed E-state index contributed by atoms with van der Waals surface area (Å²) in [7, 11) is 4.03.